The molecule has 94 valence electrons. The molecule has 5 heteroatoms. The summed E-state index contributed by atoms with van der Waals surface area (Å²) in [4.78, 5) is 3.93. The highest BCUT2D eigenvalue weighted by molar-refractivity contribution is 6.42. The van der Waals surface area contributed by atoms with Crippen LogP contribution in [0.3, 0.4) is 0 Å². The third-order valence-corrected chi connectivity index (χ3v) is 3.50. The van der Waals surface area contributed by atoms with Crippen LogP contribution in [-0.2, 0) is 0 Å². The number of aromatic nitrogens is 1. The maximum atomic E-state index is 6.00. The van der Waals surface area contributed by atoms with Crippen molar-refractivity contribution in [2.45, 2.75) is 13.0 Å². The lowest BCUT2D eigenvalue weighted by atomic mass is 10.1. The van der Waals surface area contributed by atoms with Crippen LogP contribution < -0.4 is 5.32 Å². The Labute approximate surface area is 121 Å². The number of benzene rings is 1. The maximum absolute atomic E-state index is 6.00. The van der Waals surface area contributed by atoms with E-state index in [1.807, 2.05) is 25.1 Å². The van der Waals surface area contributed by atoms with E-state index >= 15 is 0 Å². The van der Waals surface area contributed by atoms with Crippen molar-refractivity contribution in [3.8, 4) is 0 Å². The molecule has 2 aromatic rings. The number of nitrogens with zero attached hydrogens (tertiary/aromatic N) is 1. The molecule has 2 nitrogen and oxygen atoms in total. The first kappa shape index (κ1) is 13.5. The van der Waals surface area contributed by atoms with E-state index in [9.17, 15) is 0 Å². The van der Waals surface area contributed by atoms with Crippen LogP contribution in [0.15, 0.2) is 36.5 Å². The Bertz CT molecular complexity index is 558. The van der Waals surface area contributed by atoms with Gasteiger partial charge in [-0.15, -0.1) is 0 Å². The van der Waals surface area contributed by atoms with Crippen LogP contribution in [0.2, 0.25) is 15.2 Å². The molecule has 1 atom stereocenters. The summed E-state index contributed by atoms with van der Waals surface area (Å²) in [5.74, 6) is 0. The fraction of sp³-hybridized carbons (Fsp3) is 0.154. The van der Waals surface area contributed by atoms with Gasteiger partial charge in [0.05, 0.1) is 10.0 Å². The fourth-order valence-electron chi connectivity index (χ4n) is 1.61. The zero-order valence-corrected chi connectivity index (χ0v) is 11.9. The lowest BCUT2D eigenvalue weighted by Crippen LogP contribution is -2.06. The molecule has 0 aliphatic heterocycles. The van der Waals surface area contributed by atoms with E-state index in [1.54, 1.807) is 18.3 Å². The highest BCUT2D eigenvalue weighted by atomic mass is 35.5. The second kappa shape index (κ2) is 5.79. The van der Waals surface area contributed by atoms with Crippen LogP contribution in [0.5, 0.6) is 0 Å². The summed E-state index contributed by atoms with van der Waals surface area (Å²) >= 11 is 17.7. The molecule has 0 radical (unpaired) electrons. The van der Waals surface area contributed by atoms with Gasteiger partial charge in [0.15, 0.2) is 0 Å². The van der Waals surface area contributed by atoms with Crippen molar-refractivity contribution < 1.29 is 0 Å². The van der Waals surface area contributed by atoms with E-state index < -0.39 is 0 Å². The molecule has 1 unspecified atom stereocenters. The molecule has 1 heterocycles. The normalized spacial score (nSPS) is 12.2. The van der Waals surface area contributed by atoms with Gasteiger partial charge in [-0.2, -0.15) is 0 Å². The number of hydrogen-bond donors (Lipinski definition) is 1. The monoisotopic (exact) mass is 300 g/mol. The lowest BCUT2D eigenvalue weighted by Gasteiger charge is -2.16. The first-order valence-corrected chi connectivity index (χ1v) is 6.52. The van der Waals surface area contributed by atoms with Gasteiger partial charge in [0, 0.05) is 17.9 Å². The number of halogens is 3. The molecule has 0 saturated heterocycles. The van der Waals surface area contributed by atoms with Gasteiger partial charge in [-0.3, -0.25) is 0 Å². The third kappa shape index (κ3) is 3.29. The van der Waals surface area contributed by atoms with Gasteiger partial charge in [0.25, 0.3) is 0 Å². The summed E-state index contributed by atoms with van der Waals surface area (Å²) in [7, 11) is 0. The Hall–Kier alpha value is -0.960. The molecule has 0 fully saturated rings. The summed E-state index contributed by atoms with van der Waals surface area (Å²) < 4.78 is 0. The molecule has 0 aliphatic carbocycles. The Morgan fingerprint density at radius 1 is 1.06 bits per heavy atom. The Morgan fingerprint density at radius 3 is 2.50 bits per heavy atom. The summed E-state index contributed by atoms with van der Waals surface area (Å²) in [5, 5.41) is 4.89. The third-order valence-electron chi connectivity index (χ3n) is 2.55. The van der Waals surface area contributed by atoms with Crippen LogP contribution in [-0.4, -0.2) is 4.98 Å². The molecular formula is C13H11Cl3N2. The second-order valence-electron chi connectivity index (χ2n) is 3.91. The molecule has 2 rings (SSSR count). The Balaban J connectivity index is 2.16. The topological polar surface area (TPSA) is 24.9 Å². The van der Waals surface area contributed by atoms with E-state index in [2.05, 4.69) is 10.3 Å². The summed E-state index contributed by atoms with van der Waals surface area (Å²) in [6, 6.07) is 9.31. The van der Waals surface area contributed by atoms with Crippen molar-refractivity contribution in [3.63, 3.8) is 0 Å². The quantitative estimate of drug-likeness (QED) is 0.787. The molecule has 0 bridgehead atoms. The number of rotatable bonds is 3. The zero-order chi connectivity index (χ0) is 13.1. The van der Waals surface area contributed by atoms with Crippen LogP contribution >= 0.6 is 34.8 Å². The standard InChI is InChI=1S/C13H11Cl3N2/c1-8(9-2-3-11(14)12(15)6-9)18-10-4-5-17-13(16)7-10/h2-8H,1H3,(H,17,18). The number of hydrogen-bond acceptors (Lipinski definition) is 2. The molecule has 0 spiro atoms. The van der Waals surface area contributed by atoms with Gasteiger partial charge < -0.3 is 5.32 Å². The SMILES string of the molecule is CC(Nc1ccnc(Cl)c1)c1ccc(Cl)c(Cl)c1. The van der Waals surface area contributed by atoms with Crippen molar-refractivity contribution in [2.24, 2.45) is 0 Å². The predicted octanol–water partition coefficient (Wildman–Crippen LogP) is 5.21. The van der Waals surface area contributed by atoms with Crippen molar-refractivity contribution >= 4 is 40.5 Å². The number of pyridine rings is 1. The van der Waals surface area contributed by atoms with E-state index in [4.69, 9.17) is 34.8 Å². The molecular weight excluding hydrogens is 291 g/mol. The van der Waals surface area contributed by atoms with Gasteiger partial charge in [-0.1, -0.05) is 40.9 Å². The van der Waals surface area contributed by atoms with Crippen molar-refractivity contribution in [2.75, 3.05) is 5.32 Å². The molecule has 1 aromatic heterocycles. The van der Waals surface area contributed by atoms with Crippen LogP contribution in [0.25, 0.3) is 0 Å². The van der Waals surface area contributed by atoms with Gasteiger partial charge in [0.1, 0.15) is 5.15 Å². The minimum Gasteiger partial charge on any atom is -0.378 e. The Morgan fingerprint density at radius 2 is 1.83 bits per heavy atom. The lowest BCUT2D eigenvalue weighted by molar-refractivity contribution is 0.884. The number of nitrogens with one attached hydrogen (secondary N) is 1. The van der Waals surface area contributed by atoms with E-state index in [1.165, 1.54) is 0 Å². The average molecular weight is 302 g/mol. The smallest absolute Gasteiger partial charge is 0.131 e. The second-order valence-corrected chi connectivity index (χ2v) is 5.11. The van der Waals surface area contributed by atoms with Crippen molar-refractivity contribution in [1.82, 2.24) is 4.98 Å². The molecule has 0 amide bonds. The van der Waals surface area contributed by atoms with E-state index in [-0.39, 0.29) is 6.04 Å². The highest BCUT2D eigenvalue weighted by Crippen LogP contribution is 2.27. The van der Waals surface area contributed by atoms with Crippen LogP contribution in [0.1, 0.15) is 18.5 Å². The summed E-state index contributed by atoms with van der Waals surface area (Å²) in [6.07, 6.45) is 1.66. The molecule has 0 saturated carbocycles. The zero-order valence-electron chi connectivity index (χ0n) is 9.62. The van der Waals surface area contributed by atoms with Crippen LogP contribution in [0.4, 0.5) is 5.69 Å². The minimum atomic E-state index is 0.0956. The van der Waals surface area contributed by atoms with Gasteiger partial charge in [0.2, 0.25) is 0 Å². The highest BCUT2D eigenvalue weighted by Gasteiger charge is 2.08. The molecule has 1 N–H and O–H groups in total. The van der Waals surface area contributed by atoms with Gasteiger partial charge >= 0.3 is 0 Å². The number of anilines is 1. The first-order valence-electron chi connectivity index (χ1n) is 5.39. The van der Waals surface area contributed by atoms with Crippen molar-refractivity contribution in [1.29, 1.82) is 0 Å². The predicted molar refractivity (Wildman–Crippen MR) is 77.7 cm³/mol. The average Bonchev–Trinajstić information content (AvgIpc) is 2.32. The van der Waals surface area contributed by atoms with E-state index in [0.29, 0.717) is 15.2 Å². The van der Waals surface area contributed by atoms with E-state index in [0.717, 1.165) is 11.3 Å². The summed E-state index contributed by atoms with van der Waals surface area (Å²) in [5.41, 5.74) is 1.96. The van der Waals surface area contributed by atoms with Gasteiger partial charge in [-0.25, -0.2) is 4.98 Å². The maximum Gasteiger partial charge on any atom is 0.131 e. The fourth-order valence-corrected chi connectivity index (χ4v) is 2.09. The molecule has 1 aromatic carbocycles. The Kier molecular flexibility index (Phi) is 4.33. The molecule has 18 heavy (non-hydrogen) atoms. The first-order chi connectivity index (χ1) is 8.56. The van der Waals surface area contributed by atoms with Crippen LogP contribution in [0, 0.1) is 0 Å². The minimum absolute atomic E-state index is 0.0956. The molecule has 0 aliphatic rings. The van der Waals surface area contributed by atoms with Gasteiger partial charge in [-0.05, 0) is 36.8 Å². The summed E-state index contributed by atoms with van der Waals surface area (Å²) in [6.45, 7) is 2.04. The largest absolute Gasteiger partial charge is 0.378 e. The van der Waals surface area contributed by atoms with Crippen molar-refractivity contribution in [3.05, 3.63) is 57.3 Å².